The number of hydrogen-bond donors (Lipinski definition) is 1. The summed E-state index contributed by atoms with van der Waals surface area (Å²) in [7, 11) is -3.24. The number of sulfone groups is 1. The number of anilines is 1. The van der Waals surface area contributed by atoms with Crippen LogP contribution in [0, 0.1) is 5.82 Å². The molecule has 0 aliphatic carbocycles. The van der Waals surface area contributed by atoms with Gasteiger partial charge in [0.15, 0.2) is 9.84 Å². The maximum Gasteiger partial charge on any atom is 0.228 e. The number of amides is 1. The number of nitrogens with one attached hydrogen (secondary N) is 1. The van der Waals surface area contributed by atoms with Crippen molar-refractivity contribution in [3.63, 3.8) is 0 Å². The van der Waals surface area contributed by atoms with Crippen molar-refractivity contribution in [3.05, 3.63) is 59.9 Å². The van der Waals surface area contributed by atoms with Crippen molar-refractivity contribution in [1.29, 1.82) is 0 Å². The highest BCUT2D eigenvalue weighted by Gasteiger charge is 2.11. The molecule has 0 atom stereocenters. The molecule has 1 amide bonds. The lowest BCUT2D eigenvalue weighted by atomic mass is 10.1. The number of halogens is 1. The molecule has 0 heterocycles. The zero-order valence-corrected chi connectivity index (χ0v) is 12.9. The summed E-state index contributed by atoms with van der Waals surface area (Å²) in [5, 5.41) is 2.67. The van der Waals surface area contributed by atoms with Gasteiger partial charge in [0.25, 0.3) is 0 Å². The van der Waals surface area contributed by atoms with Crippen LogP contribution < -0.4 is 5.32 Å². The van der Waals surface area contributed by atoms with Crippen LogP contribution in [0.1, 0.15) is 12.5 Å². The minimum atomic E-state index is -3.24. The average Bonchev–Trinajstić information content (AvgIpc) is 2.50. The second-order valence-electron chi connectivity index (χ2n) is 4.78. The highest BCUT2D eigenvalue weighted by Crippen LogP contribution is 2.15. The van der Waals surface area contributed by atoms with Gasteiger partial charge < -0.3 is 5.32 Å². The molecule has 1 N–H and O–H groups in total. The molecule has 2 aromatic rings. The van der Waals surface area contributed by atoms with Crippen LogP contribution in [-0.4, -0.2) is 20.1 Å². The van der Waals surface area contributed by atoms with E-state index in [1.807, 2.05) is 0 Å². The number of carbonyl (C=O) groups is 1. The Morgan fingerprint density at radius 2 is 1.64 bits per heavy atom. The highest BCUT2D eigenvalue weighted by molar-refractivity contribution is 7.91. The predicted octanol–water partition coefficient (Wildman–Crippen LogP) is 2.80. The Bertz CT molecular complexity index is 753. The Hall–Kier alpha value is -2.21. The van der Waals surface area contributed by atoms with Gasteiger partial charge >= 0.3 is 0 Å². The van der Waals surface area contributed by atoms with Crippen molar-refractivity contribution in [2.45, 2.75) is 18.2 Å². The predicted molar refractivity (Wildman–Crippen MR) is 82.9 cm³/mol. The third-order valence-corrected chi connectivity index (χ3v) is 4.91. The Balaban J connectivity index is 2.01. The fourth-order valence-corrected chi connectivity index (χ4v) is 2.79. The fourth-order valence-electron chi connectivity index (χ4n) is 1.91. The van der Waals surface area contributed by atoms with Gasteiger partial charge in [-0.2, -0.15) is 0 Å². The highest BCUT2D eigenvalue weighted by atomic mass is 32.2. The smallest absolute Gasteiger partial charge is 0.228 e. The van der Waals surface area contributed by atoms with Crippen LogP contribution in [0.4, 0.5) is 10.1 Å². The van der Waals surface area contributed by atoms with Gasteiger partial charge in [-0.3, -0.25) is 4.79 Å². The molecule has 0 fully saturated rings. The van der Waals surface area contributed by atoms with Crippen LogP contribution in [0.15, 0.2) is 53.4 Å². The lowest BCUT2D eigenvalue weighted by molar-refractivity contribution is -0.115. The van der Waals surface area contributed by atoms with E-state index in [1.54, 1.807) is 31.2 Å². The molecule has 0 radical (unpaired) electrons. The zero-order chi connectivity index (χ0) is 16.2. The van der Waals surface area contributed by atoms with E-state index in [0.717, 1.165) is 0 Å². The largest absolute Gasteiger partial charge is 0.326 e. The van der Waals surface area contributed by atoms with E-state index in [2.05, 4.69) is 5.32 Å². The van der Waals surface area contributed by atoms with Crippen LogP contribution >= 0.6 is 0 Å². The quantitative estimate of drug-likeness (QED) is 0.921. The molecule has 0 saturated heterocycles. The van der Waals surface area contributed by atoms with Crippen molar-refractivity contribution in [2.75, 3.05) is 11.1 Å². The first-order chi connectivity index (χ1) is 10.4. The van der Waals surface area contributed by atoms with Crippen molar-refractivity contribution in [3.8, 4) is 0 Å². The third-order valence-electron chi connectivity index (χ3n) is 3.16. The van der Waals surface area contributed by atoms with Crippen LogP contribution in [0.25, 0.3) is 0 Å². The Morgan fingerprint density at radius 3 is 2.18 bits per heavy atom. The van der Waals surface area contributed by atoms with Gasteiger partial charge in [0.1, 0.15) is 5.82 Å². The van der Waals surface area contributed by atoms with E-state index in [1.165, 1.54) is 24.3 Å². The summed E-state index contributed by atoms with van der Waals surface area (Å²) in [5.41, 5.74) is 1.21. The molecule has 0 aliphatic heterocycles. The van der Waals surface area contributed by atoms with E-state index in [9.17, 15) is 17.6 Å². The molecule has 0 aliphatic rings. The molecule has 2 aromatic carbocycles. The van der Waals surface area contributed by atoms with E-state index < -0.39 is 9.84 Å². The normalized spacial score (nSPS) is 11.2. The first-order valence-electron chi connectivity index (χ1n) is 6.78. The Labute approximate surface area is 128 Å². The van der Waals surface area contributed by atoms with Crippen molar-refractivity contribution in [2.24, 2.45) is 0 Å². The Kier molecular flexibility index (Phi) is 4.92. The molecule has 116 valence electrons. The number of hydrogen-bond acceptors (Lipinski definition) is 3. The summed E-state index contributed by atoms with van der Waals surface area (Å²) < 4.78 is 36.2. The number of carbonyl (C=O) groups excluding carboxylic acids is 1. The van der Waals surface area contributed by atoms with Crippen LogP contribution in [0.5, 0.6) is 0 Å². The van der Waals surface area contributed by atoms with Crippen LogP contribution in [-0.2, 0) is 21.1 Å². The third kappa shape index (κ3) is 4.14. The van der Waals surface area contributed by atoms with Gasteiger partial charge in [-0.1, -0.05) is 19.1 Å². The maximum atomic E-state index is 12.8. The van der Waals surface area contributed by atoms with Crippen LogP contribution in [0.3, 0.4) is 0 Å². The Morgan fingerprint density at radius 1 is 1.05 bits per heavy atom. The monoisotopic (exact) mass is 321 g/mol. The second kappa shape index (κ2) is 6.70. The van der Waals surface area contributed by atoms with Gasteiger partial charge in [0.2, 0.25) is 5.91 Å². The SMILES string of the molecule is CCS(=O)(=O)c1ccc(NC(=O)Cc2ccc(F)cc2)cc1. The second-order valence-corrected chi connectivity index (χ2v) is 7.06. The lowest BCUT2D eigenvalue weighted by Gasteiger charge is -2.07. The lowest BCUT2D eigenvalue weighted by Crippen LogP contribution is -2.14. The molecule has 0 bridgehead atoms. The minimum Gasteiger partial charge on any atom is -0.326 e. The van der Waals surface area contributed by atoms with Crippen molar-refractivity contribution >= 4 is 21.4 Å². The standard InChI is InChI=1S/C16H16FNO3S/c1-2-22(20,21)15-9-7-14(8-10-15)18-16(19)11-12-3-5-13(17)6-4-12/h3-10H,2,11H2,1H3,(H,18,19). The van der Waals surface area contributed by atoms with Gasteiger partial charge in [-0.25, -0.2) is 12.8 Å². The average molecular weight is 321 g/mol. The summed E-state index contributed by atoms with van der Waals surface area (Å²) in [6.45, 7) is 1.58. The summed E-state index contributed by atoms with van der Waals surface area (Å²) in [6, 6.07) is 11.7. The first kappa shape index (κ1) is 16.2. The molecular weight excluding hydrogens is 305 g/mol. The molecule has 0 aromatic heterocycles. The van der Waals surface area contributed by atoms with Gasteiger partial charge in [0.05, 0.1) is 17.1 Å². The molecule has 4 nitrogen and oxygen atoms in total. The van der Waals surface area contributed by atoms with E-state index in [4.69, 9.17) is 0 Å². The van der Waals surface area contributed by atoms with E-state index in [-0.39, 0.29) is 28.8 Å². The van der Waals surface area contributed by atoms with E-state index >= 15 is 0 Å². The maximum absolute atomic E-state index is 12.8. The zero-order valence-electron chi connectivity index (χ0n) is 12.0. The molecule has 0 spiro atoms. The number of rotatable bonds is 5. The molecule has 0 saturated carbocycles. The molecule has 2 rings (SSSR count). The minimum absolute atomic E-state index is 0.0310. The van der Waals surface area contributed by atoms with Gasteiger partial charge in [-0.15, -0.1) is 0 Å². The first-order valence-corrected chi connectivity index (χ1v) is 8.43. The van der Waals surface area contributed by atoms with Gasteiger partial charge in [-0.05, 0) is 42.0 Å². The summed E-state index contributed by atoms with van der Waals surface area (Å²) in [6.07, 6.45) is 0.120. The van der Waals surface area contributed by atoms with Crippen molar-refractivity contribution in [1.82, 2.24) is 0 Å². The van der Waals surface area contributed by atoms with E-state index in [0.29, 0.717) is 11.3 Å². The van der Waals surface area contributed by atoms with Crippen molar-refractivity contribution < 1.29 is 17.6 Å². The molecular formula is C16H16FNO3S. The molecule has 22 heavy (non-hydrogen) atoms. The summed E-state index contributed by atoms with van der Waals surface area (Å²) in [4.78, 5) is 12.1. The van der Waals surface area contributed by atoms with Crippen LogP contribution in [0.2, 0.25) is 0 Å². The molecule has 6 heteroatoms. The number of benzene rings is 2. The fraction of sp³-hybridized carbons (Fsp3) is 0.188. The van der Waals surface area contributed by atoms with Gasteiger partial charge in [0, 0.05) is 5.69 Å². The summed E-state index contributed by atoms with van der Waals surface area (Å²) >= 11 is 0. The topological polar surface area (TPSA) is 63.2 Å². The summed E-state index contributed by atoms with van der Waals surface area (Å²) in [5.74, 6) is -0.571. The molecule has 0 unspecified atom stereocenters.